The van der Waals surface area contributed by atoms with Gasteiger partial charge in [0.1, 0.15) is 5.82 Å². The van der Waals surface area contributed by atoms with Crippen LogP contribution >= 0.6 is 24.0 Å². The highest BCUT2D eigenvalue weighted by Crippen LogP contribution is 2.15. The quantitative estimate of drug-likeness (QED) is 0.201. The standard InChI is InChI=1S/C22H38N6O2.HI/c1-3-27-9-11-28(12-10-27)21-15-19(5-8-24-21)16-26-22(23-2)25-7-4-13-29-17-20-6-14-30-18-20;/h5,8,15,20H,3-4,6-7,9-14,16-18H2,1-2H3,(H2,23,25,26);1H. The number of rotatable bonds is 10. The molecule has 0 saturated carbocycles. The maximum Gasteiger partial charge on any atom is 0.191 e. The monoisotopic (exact) mass is 546 g/mol. The Morgan fingerprint density at radius 1 is 1.29 bits per heavy atom. The lowest BCUT2D eigenvalue weighted by Gasteiger charge is -2.34. The first-order chi connectivity index (χ1) is 14.8. The Bertz CT molecular complexity index is 649. The van der Waals surface area contributed by atoms with Gasteiger partial charge in [-0.05, 0) is 37.1 Å². The van der Waals surface area contributed by atoms with Crippen molar-refractivity contribution in [3.05, 3.63) is 23.9 Å². The summed E-state index contributed by atoms with van der Waals surface area (Å²) in [4.78, 5) is 13.8. The molecule has 176 valence electrons. The van der Waals surface area contributed by atoms with Gasteiger partial charge in [0.05, 0.1) is 13.2 Å². The van der Waals surface area contributed by atoms with Crippen LogP contribution in [0.2, 0.25) is 0 Å². The molecule has 3 rings (SSSR count). The molecule has 3 heterocycles. The normalized spacial score (nSPS) is 19.9. The summed E-state index contributed by atoms with van der Waals surface area (Å²) in [5.74, 6) is 2.46. The van der Waals surface area contributed by atoms with Gasteiger partial charge in [-0.25, -0.2) is 4.98 Å². The van der Waals surface area contributed by atoms with Crippen molar-refractivity contribution in [3.8, 4) is 0 Å². The van der Waals surface area contributed by atoms with Gasteiger partial charge < -0.3 is 29.9 Å². The van der Waals surface area contributed by atoms with Crippen LogP contribution in [0, 0.1) is 5.92 Å². The summed E-state index contributed by atoms with van der Waals surface area (Å²) in [5, 5.41) is 6.75. The average Bonchev–Trinajstić information content (AvgIpc) is 3.32. The molecule has 0 aromatic carbocycles. The van der Waals surface area contributed by atoms with E-state index in [1.807, 2.05) is 6.20 Å². The second-order valence-electron chi connectivity index (χ2n) is 7.95. The molecule has 0 radical (unpaired) electrons. The van der Waals surface area contributed by atoms with Crippen molar-refractivity contribution in [1.82, 2.24) is 20.5 Å². The molecule has 1 unspecified atom stereocenters. The van der Waals surface area contributed by atoms with Crippen LogP contribution in [0.5, 0.6) is 0 Å². The Balaban J connectivity index is 0.00000341. The molecule has 0 bridgehead atoms. The highest BCUT2D eigenvalue weighted by Gasteiger charge is 2.17. The van der Waals surface area contributed by atoms with Gasteiger partial charge in [-0.2, -0.15) is 0 Å². The van der Waals surface area contributed by atoms with Crippen LogP contribution in [0.25, 0.3) is 0 Å². The maximum atomic E-state index is 5.75. The summed E-state index contributed by atoms with van der Waals surface area (Å²) in [7, 11) is 1.80. The first kappa shape index (κ1) is 26.1. The molecule has 9 heteroatoms. The topological polar surface area (TPSA) is 74.2 Å². The minimum absolute atomic E-state index is 0. The van der Waals surface area contributed by atoms with Gasteiger partial charge in [0.2, 0.25) is 0 Å². The van der Waals surface area contributed by atoms with Crippen LogP contribution < -0.4 is 15.5 Å². The van der Waals surface area contributed by atoms with E-state index in [1.165, 1.54) is 5.56 Å². The highest BCUT2D eigenvalue weighted by molar-refractivity contribution is 14.0. The van der Waals surface area contributed by atoms with Crippen LogP contribution in [0.1, 0.15) is 25.3 Å². The van der Waals surface area contributed by atoms with Crippen LogP contribution in [0.3, 0.4) is 0 Å². The van der Waals surface area contributed by atoms with Crippen molar-refractivity contribution in [2.24, 2.45) is 10.9 Å². The van der Waals surface area contributed by atoms with Gasteiger partial charge >= 0.3 is 0 Å². The largest absolute Gasteiger partial charge is 0.381 e. The minimum atomic E-state index is 0. The van der Waals surface area contributed by atoms with Gasteiger partial charge in [-0.1, -0.05) is 6.92 Å². The highest BCUT2D eigenvalue weighted by atomic mass is 127. The molecule has 0 aliphatic carbocycles. The first-order valence-electron chi connectivity index (χ1n) is 11.3. The molecule has 2 saturated heterocycles. The SMILES string of the molecule is CCN1CCN(c2cc(CNC(=NC)NCCCOCC3CCOC3)ccn2)CC1.I. The van der Waals surface area contributed by atoms with E-state index in [0.717, 1.165) is 96.9 Å². The van der Waals surface area contributed by atoms with E-state index in [1.54, 1.807) is 7.05 Å². The van der Waals surface area contributed by atoms with E-state index < -0.39 is 0 Å². The van der Waals surface area contributed by atoms with Crippen molar-refractivity contribution in [3.63, 3.8) is 0 Å². The molecule has 1 aromatic rings. The molecule has 8 nitrogen and oxygen atoms in total. The predicted octanol–water partition coefficient (Wildman–Crippen LogP) is 1.95. The number of hydrogen-bond acceptors (Lipinski definition) is 6. The first-order valence-corrected chi connectivity index (χ1v) is 11.3. The van der Waals surface area contributed by atoms with Crippen LogP contribution in [0.4, 0.5) is 5.82 Å². The van der Waals surface area contributed by atoms with Gasteiger partial charge in [-0.15, -0.1) is 24.0 Å². The third-order valence-corrected chi connectivity index (χ3v) is 5.77. The van der Waals surface area contributed by atoms with E-state index in [2.05, 4.69) is 49.5 Å². The van der Waals surface area contributed by atoms with Gasteiger partial charge in [0.15, 0.2) is 5.96 Å². The Kier molecular flexibility index (Phi) is 12.5. The molecule has 2 aliphatic heterocycles. The summed E-state index contributed by atoms with van der Waals surface area (Å²) in [6, 6.07) is 4.25. The van der Waals surface area contributed by atoms with Crippen molar-refractivity contribution < 1.29 is 9.47 Å². The number of nitrogens with zero attached hydrogens (tertiary/aromatic N) is 4. The molecule has 0 spiro atoms. The second-order valence-corrected chi connectivity index (χ2v) is 7.95. The van der Waals surface area contributed by atoms with Crippen molar-refractivity contribution in [1.29, 1.82) is 0 Å². The Morgan fingerprint density at radius 3 is 2.84 bits per heavy atom. The molecule has 1 atom stereocenters. The zero-order valence-electron chi connectivity index (χ0n) is 19.0. The third kappa shape index (κ3) is 9.07. The maximum absolute atomic E-state index is 5.75. The number of aromatic nitrogens is 1. The average molecular weight is 546 g/mol. The summed E-state index contributed by atoms with van der Waals surface area (Å²) in [6.45, 7) is 12.5. The Morgan fingerprint density at radius 2 is 2.13 bits per heavy atom. The number of aliphatic imine (C=N–C) groups is 1. The van der Waals surface area contributed by atoms with E-state index in [9.17, 15) is 0 Å². The van der Waals surface area contributed by atoms with Crippen molar-refractivity contribution in [2.75, 3.05) is 77.6 Å². The summed E-state index contributed by atoms with van der Waals surface area (Å²) in [5.41, 5.74) is 1.21. The third-order valence-electron chi connectivity index (χ3n) is 5.77. The molecule has 0 amide bonds. The smallest absolute Gasteiger partial charge is 0.191 e. The number of nitrogens with one attached hydrogen (secondary N) is 2. The number of halogens is 1. The molecule has 1 aromatic heterocycles. The lowest BCUT2D eigenvalue weighted by molar-refractivity contribution is 0.0888. The zero-order chi connectivity index (χ0) is 21.0. The number of hydrogen-bond donors (Lipinski definition) is 2. The summed E-state index contributed by atoms with van der Waals surface area (Å²) >= 11 is 0. The molecular formula is C22H39IN6O2. The fourth-order valence-electron chi connectivity index (χ4n) is 3.79. The van der Waals surface area contributed by atoms with E-state index in [0.29, 0.717) is 5.92 Å². The van der Waals surface area contributed by atoms with E-state index >= 15 is 0 Å². The fourth-order valence-corrected chi connectivity index (χ4v) is 3.79. The summed E-state index contributed by atoms with van der Waals surface area (Å²) in [6.07, 6.45) is 3.99. The number of anilines is 1. The molecular weight excluding hydrogens is 507 g/mol. The molecule has 2 fully saturated rings. The van der Waals surface area contributed by atoms with Gasteiger partial charge in [0.25, 0.3) is 0 Å². The second kappa shape index (κ2) is 14.8. The predicted molar refractivity (Wildman–Crippen MR) is 137 cm³/mol. The minimum Gasteiger partial charge on any atom is -0.381 e. The number of pyridine rings is 1. The number of piperazine rings is 1. The fraction of sp³-hybridized carbons (Fsp3) is 0.727. The van der Waals surface area contributed by atoms with Crippen LogP contribution in [-0.4, -0.2) is 88.6 Å². The van der Waals surface area contributed by atoms with Crippen molar-refractivity contribution in [2.45, 2.75) is 26.3 Å². The molecule has 2 N–H and O–H groups in total. The Labute approximate surface area is 204 Å². The van der Waals surface area contributed by atoms with E-state index in [4.69, 9.17) is 9.47 Å². The zero-order valence-corrected chi connectivity index (χ0v) is 21.3. The molecule has 2 aliphatic rings. The van der Waals surface area contributed by atoms with E-state index in [-0.39, 0.29) is 24.0 Å². The van der Waals surface area contributed by atoms with Crippen LogP contribution in [-0.2, 0) is 16.0 Å². The van der Waals surface area contributed by atoms with Gasteiger partial charge in [-0.3, -0.25) is 4.99 Å². The lowest BCUT2D eigenvalue weighted by Crippen LogP contribution is -2.46. The molecule has 31 heavy (non-hydrogen) atoms. The van der Waals surface area contributed by atoms with Crippen LogP contribution in [0.15, 0.2) is 23.3 Å². The Hall–Kier alpha value is -1.17. The number of guanidine groups is 1. The lowest BCUT2D eigenvalue weighted by atomic mass is 10.1. The van der Waals surface area contributed by atoms with Crippen molar-refractivity contribution >= 4 is 35.8 Å². The number of likely N-dealkylation sites (N-methyl/N-ethyl adjacent to an activating group) is 1. The summed E-state index contributed by atoms with van der Waals surface area (Å²) < 4.78 is 11.1. The van der Waals surface area contributed by atoms with Gasteiger partial charge in [0, 0.05) is 71.6 Å². The number of ether oxygens (including phenoxy) is 2.